The van der Waals surface area contributed by atoms with Crippen LogP contribution in [0, 0.1) is 0 Å². The SMILES string of the molecule is COc1cccc(N2c3ccccc3C(c3ccc(OC(=O)c4ccccc4)cc3)(c3ccc(OC(=O)c4ccccc4)cc3)c3ccccc32)c1. The van der Waals surface area contributed by atoms with Crippen LogP contribution in [-0.4, -0.2) is 19.0 Å². The fraction of sp³-hybridized carbons (Fsp3) is 0.0435. The van der Waals surface area contributed by atoms with Crippen LogP contribution in [0.15, 0.2) is 182 Å². The lowest BCUT2D eigenvalue weighted by molar-refractivity contribution is 0.0725. The zero-order chi connectivity index (χ0) is 35.5. The van der Waals surface area contributed by atoms with Crippen LogP contribution in [-0.2, 0) is 5.41 Å². The van der Waals surface area contributed by atoms with Gasteiger partial charge in [-0.15, -0.1) is 0 Å². The molecule has 0 spiro atoms. The Hall–Kier alpha value is -6.92. The summed E-state index contributed by atoms with van der Waals surface area (Å²) in [6, 6.07) is 58.1. The smallest absolute Gasteiger partial charge is 0.343 e. The minimum absolute atomic E-state index is 0.425. The van der Waals surface area contributed by atoms with Crippen LogP contribution in [0.3, 0.4) is 0 Å². The topological polar surface area (TPSA) is 65.1 Å². The lowest BCUT2D eigenvalue weighted by Gasteiger charge is -2.46. The van der Waals surface area contributed by atoms with Crippen molar-refractivity contribution in [1.29, 1.82) is 0 Å². The maximum absolute atomic E-state index is 13.0. The summed E-state index contributed by atoms with van der Waals surface area (Å²) in [4.78, 5) is 28.2. The largest absolute Gasteiger partial charge is 0.497 e. The molecule has 6 heteroatoms. The predicted molar refractivity (Wildman–Crippen MR) is 202 cm³/mol. The van der Waals surface area contributed by atoms with Gasteiger partial charge in [0.2, 0.25) is 0 Å². The van der Waals surface area contributed by atoms with Gasteiger partial charge in [-0.25, -0.2) is 9.59 Å². The Morgan fingerprint density at radius 2 is 0.904 bits per heavy atom. The summed E-state index contributed by atoms with van der Waals surface area (Å²) in [5, 5.41) is 0. The molecule has 0 radical (unpaired) electrons. The Kier molecular flexibility index (Phi) is 8.55. The molecule has 6 nitrogen and oxygen atoms in total. The number of esters is 2. The van der Waals surface area contributed by atoms with Gasteiger partial charge in [0.05, 0.1) is 35.0 Å². The van der Waals surface area contributed by atoms with Crippen LogP contribution in [0.1, 0.15) is 43.0 Å². The lowest BCUT2D eigenvalue weighted by atomic mass is 9.62. The summed E-state index contributed by atoms with van der Waals surface area (Å²) in [6.45, 7) is 0. The summed E-state index contributed by atoms with van der Waals surface area (Å²) in [5.41, 5.74) is 7.08. The van der Waals surface area contributed by atoms with Crippen molar-refractivity contribution < 1.29 is 23.8 Å². The number of anilines is 3. The fourth-order valence-corrected chi connectivity index (χ4v) is 7.09. The van der Waals surface area contributed by atoms with E-state index in [1.165, 1.54) is 0 Å². The summed E-state index contributed by atoms with van der Waals surface area (Å²) >= 11 is 0. The molecule has 8 rings (SSSR count). The van der Waals surface area contributed by atoms with Crippen molar-refractivity contribution in [2.45, 2.75) is 5.41 Å². The van der Waals surface area contributed by atoms with Crippen LogP contribution in [0.5, 0.6) is 17.2 Å². The second kappa shape index (κ2) is 13.8. The zero-order valence-corrected chi connectivity index (χ0v) is 28.3. The van der Waals surface area contributed by atoms with Crippen LogP contribution >= 0.6 is 0 Å². The van der Waals surface area contributed by atoms with E-state index in [9.17, 15) is 9.59 Å². The van der Waals surface area contributed by atoms with E-state index in [2.05, 4.69) is 47.4 Å². The van der Waals surface area contributed by atoms with Gasteiger partial charge in [0.25, 0.3) is 0 Å². The second-order valence-electron chi connectivity index (χ2n) is 12.4. The van der Waals surface area contributed by atoms with E-state index in [0.29, 0.717) is 22.6 Å². The Bertz CT molecular complexity index is 2230. The van der Waals surface area contributed by atoms with Crippen molar-refractivity contribution in [3.05, 3.63) is 215 Å². The summed E-state index contributed by atoms with van der Waals surface area (Å²) < 4.78 is 17.2. The van der Waals surface area contributed by atoms with Crippen molar-refractivity contribution in [2.24, 2.45) is 0 Å². The number of nitrogens with zero attached hydrogens (tertiary/aromatic N) is 1. The van der Waals surface area contributed by atoms with E-state index in [1.807, 2.05) is 115 Å². The van der Waals surface area contributed by atoms with Crippen molar-refractivity contribution >= 4 is 29.0 Å². The molecule has 7 aromatic carbocycles. The maximum atomic E-state index is 13.0. The first kappa shape index (κ1) is 32.3. The molecular weight excluding hydrogens is 647 g/mol. The van der Waals surface area contributed by atoms with Crippen LogP contribution in [0.4, 0.5) is 17.1 Å². The van der Waals surface area contributed by atoms with Gasteiger partial charge in [-0.2, -0.15) is 0 Å². The molecule has 1 heterocycles. The van der Waals surface area contributed by atoms with E-state index in [1.54, 1.807) is 31.4 Å². The van der Waals surface area contributed by atoms with Gasteiger partial charge in [-0.3, -0.25) is 0 Å². The van der Waals surface area contributed by atoms with Gasteiger partial charge >= 0.3 is 11.9 Å². The zero-order valence-electron chi connectivity index (χ0n) is 28.3. The number of ether oxygens (including phenoxy) is 3. The highest BCUT2D eigenvalue weighted by molar-refractivity contribution is 5.92. The molecule has 252 valence electrons. The quantitative estimate of drug-likeness (QED) is 0.118. The van der Waals surface area contributed by atoms with E-state index in [-0.39, 0.29) is 0 Å². The number of hydrogen-bond donors (Lipinski definition) is 0. The van der Waals surface area contributed by atoms with Crippen LogP contribution in [0.2, 0.25) is 0 Å². The van der Waals surface area contributed by atoms with Crippen molar-refractivity contribution in [3.63, 3.8) is 0 Å². The highest BCUT2D eigenvalue weighted by Gasteiger charge is 2.46. The highest BCUT2D eigenvalue weighted by atomic mass is 16.5. The minimum atomic E-state index is -0.827. The molecule has 0 amide bonds. The minimum Gasteiger partial charge on any atom is -0.497 e. The monoisotopic (exact) mass is 679 g/mol. The van der Waals surface area contributed by atoms with Crippen LogP contribution < -0.4 is 19.1 Å². The third kappa shape index (κ3) is 5.76. The van der Waals surface area contributed by atoms with Crippen molar-refractivity contribution in [2.75, 3.05) is 12.0 Å². The molecule has 0 aromatic heterocycles. The molecule has 0 fully saturated rings. The van der Waals surface area contributed by atoms with Gasteiger partial charge in [-0.1, -0.05) is 103 Å². The number of para-hydroxylation sites is 2. The second-order valence-corrected chi connectivity index (χ2v) is 12.4. The maximum Gasteiger partial charge on any atom is 0.343 e. The first-order chi connectivity index (χ1) is 25.6. The standard InChI is InChI=1S/C46H33NO5/c1-50-39-18-12-17-36(31-39)47-42-21-10-8-19-40(42)46(41-20-9-11-22-43(41)47,34-23-27-37(28-24-34)51-44(48)32-13-4-2-5-14-32)35-25-29-38(30-26-35)52-45(49)33-15-6-3-7-16-33/h2-31H,1H3. The number of hydrogen-bond acceptors (Lipinski definition) is 6. The van der Waals surface area contributed by atoms with Gasteiger partial charge < -0.3 is 19.1 Å². The Labute approximate surface area is 302 Å². The van der Waals surface area contributed by atoms with Gasteiger partial charge in [0.15, 0.2) is 0 Å². The first-order valence-electron chi connectivity index (χ1n) is 16.9. The van der Waals surface area contributed by atoms with E-state index in [0.717, 1.165) is 45.1 Å². The molecular formula is C46H33NO5. The van der Waals surface area contributed by atoms with E-state index < -0.39 is 17.4 Å². The highest BCUT2D eigenvalue weighted by Crippen LogP contribution is 2.58. The summed E-state index contributed by atoms with van der Waals surface area (Å²) in [5.74, 6) is 0.778. The number of fused-ring (bicyclic) bond motifs is 2. The number of benzene rings is 7. The summed E-state index contributed by atoms with van der Waals surface area (Å²) in [7, 11) is 1.67. The third-order valence-electron chi connectivity index (χ3n) is 9.42. The summed E-state index contributed by atoms with van der Waals surface area (Å²) in [6.07, 6.45) is 0. The van der Waals surface area contributed by atoms with Crippen LogP contribution in [0.25, 0.3) is 0 Å². The first-order valence-corrected chi connectivity index (χ1v) is 16.9. The number of rotatable bonds is 8. The molecule has 0 saturated heterocycles. The van der Waals surface area contributed by atoms with E-state index in [4.69, 9.17) is 14.2 Å². The molecule has 0 N–H and O–H groups in total. The van der Waals surface area contributed by atoms with E-state index >= 15 is 0 Å². The Balaban J connectivity index is 1.29. The third-order valence-corrected chi connectivity index (χ3v) is 9.42. The average molecular weight is 680 g/mol. The molecule has 0 aliphatic carbocycles. The number of carbonyl (C=O) groups is 2. The Morgan fingerprint density at radius 3 is 1.37 bits per heavy atom. The molecule has 1 aliphatic heterocycles. The predicted octanol–water partition coefficient (Wildman–Crippen LogP) is 10.3. The van der Waals surface area contributed by atoms with Gasteiger partial charge in [0.1, 0.15) is 17.2 Å². The average Bonchev–Trinajstić information content (AvgIpc) is 3.21. The van der Waals surface area contributed by atoms with Gasteiger partial charge in [0, 0.05) is 11.8 Å². The lowest BCUT2D eigenvalue weighted by Crippen LogP contribution is -2.37. The molecule has 0 saturated carbocycles. The molecule has 7 aromatic rings. The van der Waals surface area contributed by atoms with Gasteiger partial charge in [-0.05, 0) is 95.1 Å². The van der Waals surface area contributed by atoms with Crippen molar-refractivity contribution in [3.8, 4) is 17.2 Å². The molecule has 0 bridgehead atoms. The van der Waals surface area contributed by atoms with Crippen molar-refractivity contribution in [1.82, 2.24) is 0 Å². The molecule has 1 aliphatic rings. The normalized spacial score (nSPS) is 12.6. The Morgan fingerprint density at radius 1 is 0.462 bits per heavy atom. The fourth-order valence-electron chi connectivity index (χ4n) is 7.09. The molecule has 52 heavy (non-hydrogen) atoms. The molecule has 0 unspecified atom stereocenters. The number of methoxy groups -OCH3 is 1. The number of carbonyl (C=O) groups excluding carboxylic acids is 2. The molecule has 0 atom stereocenters.